The largest absolute Gasteiger partial charge is 0.393 e. The van der Waals surface area contributed by atoms with Crippen molar-refractivity contribution < 1.29 is 5.11 Å². The number of nitrogens with zero attached hydrogens (tertiary/aromatic N) is 3. The van der Waals surface area contributed by atoms with E-state index in [1.54, 1.807) is 0 Å². The first-order chi connectivity index (χ1) is 11.7. The van der Waals surface area contributed by atoms with Crippen molar-refractivity contribution in [3.63, 3.8) is 0 Å². The van der Waals surface area contributed by atoms with Crippen LogP contribution in [0.1, 0.15) is 30.7 Å². The molecule has 4 heteroatoms. The van der Waals surface area contributed by atoms with Crippen LogP contribution in [0.15, 0.2) is 42.7 Å². The quantitative estimate of drug-likeness (QED) is 0.850. The van der Waals surface area contributed by atoms with Gasteiger partial charge in [0, 0.05) is 25.5 Å². The number of aliphatic hydroxyl groups is 1. The lowest BCUT2D eigenvalue weighted by molar-refractivity contribution is 0.0530. The van der Waals surface area contributed by atoms with Crippen LogP contribution in [0.4, 0.5) is 0 Å². The third-order valence-corrected chi connectivity index (χ3v) is 5.33. The van der Waals surface area contributed by atoms with Crippen LogP contribution >= 0.6 is 0 Å². The summed E-state index contributed by atoms with van der Waals surface area (Å²) in [5.74, 6) is 1.54. The Labute approximate surface area is 145 Å². The number of imidazole rings is 1. The lowest BCUT2D eigenvalue weighted by Crippen LogP contribution is -2.39. The maximum atomic E-state index is 10.5. The highest BCUT2D eigenvalue weighted by Gasteiger charge is 2.24. The Bertz CT molecular complexity index is 602. The number of hydrogen-bond acceptors (Lipinski definition) is 3. The second-order valence-corrected chi connectivity index (χ2v) is 6.94. The standard InChI is InChI=1S/C20H29N3O/c1-17-21-11-14-23(17)16-15-22-12-9-19(10-13-22)20(24)8-7-18-5-3-2-4-6-18/h2-6,11,14,19-20,24H,7-10,12-13,15-16H2,1H3/t20-/m0/s1. The van der Waals surface area contributed by atoms with Gasteiger partial charge in [0.2, 0.25) is 0 Å². The van der Waals surface area contributed by atoms with Gasteiger partial charge in [-0.05, 0) is 57.2 Å². The van der Waals surface area contributed by atoms with Gasteiger partial charge >= 0.3 is 0 Å². The summed E-state index contributed by atoms with van der Waals surface area (Å²) in [4.78, 5) is 6.79. The van der Waals surface area contributed by atoms with Gasteiger partial charge in [-0.3, -0.25) is 0 Å². The van der Waals surface area contributed by atoms with E-state index >= 15 is 0 Å². The van der Waals surface area contributed by atoms with Gasteiger partial charge < -0.3 is 14.6 Å². The van der Waals surface area contributed by atoms with Crippen molar-refractivity contribution in [3.8, 4) is 0 Å². The highest BCUT2D eigenvalue weighted by Crippen LogP contribution is 2.23. The van der Waals surface area contributed by atoms with Crippen LogP contribution in [0.25, 0.3) is 0 Å². The Morgan fingerprint density at radius 3 is 2.58 bits per heavy atom. The fourth-order valence-electron chi connectivity index (χ4n) is 3.65. The minimum atomic E-state index is -0.164. The summed E-state index contributed by atoms with van der Waals surface area (Å²) in [6.07, 6.45) is 7.83. The number of rotatable bonds is 7. The highest BCUT2D eigenvalue weighted by molar-refractivity contribution is 5.14. The monoisotopic (exact) mass is 327 g/mol. The molecule has 1 atom stereocenters. The van der Waals surface area contributed by atoms with Gasteiger partial charge in [-0.1, -0.05) is 30.3 Å². The Kier molecular flexibility index (Phi) is 6.05. The van der Waals surface area contributed by atoms with Crippen LogP contribution in [0, 0.1) is 12.8 Å². The molecule has 0 radical (unpaired) electrons. The van der Waals surface area contributed by atoms with Gasteiger partial charge in [0.1, 0.15) is 5.82 Å². The molecule has 2 aromatic rings. The van der Waals surface area contributed by atoms with Crippen LogP contribution in [0.3, 0.4) is 0 Å². The molecule has 0 aliphatic carbocycles. The van der Waals surface area contributed by atoms with E-state index in [-0.39, 0.29) is 6.10 Å². The maximum Gasteiger partial charge on any atom is 0.105 e. The second kappa shape index (κ2) is 8.45. The van der Waals surface area contributed by atoms with Gasteiger partial charge in [0.05, 0.1) is 6.10 Å². The van der Waals surface area contributed by atoms with E-state index in [0.29, 0.717) is 5.92 Å². The van der Waals surface area contributed by atoms with Gasteiger partial charge in [0.15, 0.2) is 0 Å². The average molecular weight is 327 g/mol. The Morgan fingerprint density at radius 2 is 1.92 bits per heavy atom. The molecule has 1 N–H and O–H groups in total. The Balaban J connectivity index is 1.37. The molecule has 0 spiro atoms. The molecule has 4 nitrogen and oxygen atoms in total. The Hall–Kier alpha value is -1.65. The number of aromatic nitrogens is 2. The molecule has 130 valence electrons. The molecule has 24 heavy (non-hydrogen) atoms. The number of hydrogen-bond donors (Lipinski definition) is 1. The molecule has 0 unspecified atom stereocenters. The number of benzene rings is 1. The molecular formula is C20H29N3O. The lowest BCUT2D eigenvalue weighted by atomic mass is 9.88. The molecule has 3 rings (SSSR count). The molecular weight excluding hydrogens is 298 g/mol. The smallest absolute Gasteiger partial charge is 0.105 e. The van der Waals surface area contributed by atoms with Crippen LogP contribution in [0.5, 0.6) is 0 Å². The summed E-state index contributed by atoms with van der Waals surface area (Å²) in [6, 6.07) is 10.5. The minimum absolute atomic E-state index is 0.164. The van der Waals surface area contributed by atoms with Crippen molar-refractivity contribution >= 4 is 0 Å². The fraction of sp³-hybridized carbons (Fsp3) is 0.550. The molecule has 1 aromatic heterocycles. The molecule has 1 aromatic carbocycles. The number of piperidine rings is 1. The average Bonchev–Trinajstić information content (AvgIpc) is 3.04. The van der Waals surface area contributed by atoms with E-state index in [0.717, 1.165) is 57.7 Å². The van der Waals surface area contributed by atoms with Crippen LogP contribution in [-0.4, -0.2) is 45.3 Å². The zero-order valence-corrected chi connectivity index (χ0v) is 14.6. The van der Waals surface area contributed by atoms with Crippen molar-refractivity contribution in [2.75, 3.05) is 19.6 Å². The number of aliphatic hydroxyl groups excluding tert-OH is 1. The van der Waals surface area contributed by atoms with E-state index in [1.807, 2.05) is 12.3 Å². The first-order valence-electron chi connectivity index (χ1n) is 9.14. The third kappa shape index (κ3) is 4.68. The Morgan fingerprint density at radius 1 is 1.17 bits per heavy atom. The zero-order valence-electron chi connectivity index (χ0n) is 14.6. The van der Waals surface area contributed by atoms with E-state index in [1.165, 1.54) is 5.56 Å². The molecule has 1 aliphatic heterocycles. The van der Waals surface area contributed by atoms with Gasteiger partial charge in [-0.25, -0.2) is 4.98 Å². The molecule has 1 aliphatic rings. The van der Waals surface area contributed by atoms with Crippen molar-refractivity contribution in [3.05, 3.63) is 54.1 Å². The van der Waals surface area contributed by atoms with Crippen molar-refractivity contribution in [2.24, 2.45) is 5.92 Å². The summed E-state index contributed by atoms with van der Waals surface area (Å²) in [5, 5.41) is 10.5. The summed E-state index contributed by atoms with van der Waals surface area (Å²) in [7, 11) is 0. The topological polar surface area (TPSA) is 41.3 Å². The van der Waals surface area contributed by atoms with E-state index < -0.39 is 0 Å². The minimum Gasteiger partial charge on any atom is -0.393 e. The van der Waals surface area contributed by atoms with Gasteiger partial charge in [0.25, 0.3) is 0 Å². The molecule has 1 fully saturated rings. The predicted octanol–water partition coefficient (Wildman–Crippen LogP) is 2.90. The van der Waals surface area contributed by atoms with E-state index in [4.69, 9.17) is 0 Å². The normalized spacial score (nSPS) is 17.9. The summed E-state index contributed by atoms with van der Waals surface area (Å²) < 4.78 is 2.21. The van der Waals surface area contributed by atoms with E-state index in [2.05, 4.69) is 51.8 Å². The van der Waals surface area contributed by atoms with Crippen LogP contribution in [0.2, 0.25) is 0 Å². The molecule has 2 heterocycles. The first kappa shape index (κ1) is 17.2. The number of aryl methyl sites for hydroxylation is 2. The zero-order chi connectivity index (χ0) is 16.8. The third-order valence-electron chi connectivity index (χ3n) is 5.33. The molecule has 0 amide bonds. The first-order valence-corrected chi connectivity index (χ1v) is 9.14. The summed E-state index contributed by atoms with van der Waals surface area (Å²) in [6.45, 7) is 6.33. The molecule has 1 saturated heterocycles. The maximum absolute atomic E-state index is 10.5. The summed E-state index contributed by atoms with van der Waals surface area (Å²) in [5.41, 5.74) is 1.32. The van der Waals surface area contributed by atoms with E-state index in [9.17, 15) is 5.11 Å². The predicted molar refractivity (Wildman–Crippen MR) is 96.9 cm³/mol. The molecule has 0 saturated carbocycles. The van der Waals surface area contributed by atoms with Crippen molar-refractivity contribution in [1.29, 1.82) is 0 Å². The SMILES string of the molecule is Cc1nccn1CCN1CCC([C@@H](O)CCc2ccccc2)CC1. The van der Waals surface area contributed by atoms with Crippen molar-refractivity contribution in [2.45, 2.75) is 45.3 Å². The number of likely N-dealkylation sites (tertiary alicyclic amines) is 1. The van der Waals surface area contributed by atoms with Crippen LogP contribution in [-0.2, 0) is 13.0 Å². The van der Waals surface area contributed by atoms with Gasteiger partial charge in [-0.2, -0.15) is 0 Å². The highest BCUT2D eigenvalue weighted by atomic mass is 16.3. The van der Waals surface area contributed by atoms with Gasteiger partial charge in [-0.15, -0.1) is 0 Å². The molecule has 0 bridgehead atoms. The second-order valence-electron chi connectivity index (χ2n) is 6.94. The van der Waals surface area contributed by atoms with Crippen LogP contribution < -0.4 is 0 Å². The summed E-state index contributed by atoms with van der Waals surface area (Å²) >= 11 is 0. The van der Waals surface area contributed by atoms with Crippen molar-refractivity contribution in [1.82, 2.24) is 14.5 Å². The lowest BCUT2D eigenvalue weighted by Gasteiger charge is -2.34. The fourth-order valence-corrected chi connectivity index (χ4v) is 3.65.